The highest BCUT2D eigenvalue weighted by Crippen LogP contribution is 2.08. The Hall–Kier alpha value is -1.13. The van der Waals surface area contributed by atoms with E-state index in [0.717, 1.165) is 13.1 Å². The summed E-state index contributed by atoms with van der Waals surface area (Å²) >= 11 is 0. The number of nitrogens with one attached hydrogen (secondary N) is 1. The van der Waals surface area contributed by atoms with Crippen molar-refractivity contribution in [3.05, 3.63) is 23.9 Å². The Morgan fingerprint density at radius 1 is 1.33 bits per heavy atom. The Bertz CT molecular complexity index is 335. The minimum atomic E-state index is 0.488. The highest BCUT2D eigenvalue weighted by molar-refractivity contribution is 5.17. The van der Waals surface area contributed by atoms with Crippen molar-refractivity contribution in [1.82, 2.24) is 15.2 Å². The van der Waals surface area contributed by atoms with Crippen LogP contribution >= 0.6 is 0 Å². The van der Waals surface area contributed by atoms with Crippen molar-refractivity contribution in [3.8, 4) is 5.88 Å². The number of likely N-dealkylation sites (N-methyl/N-ethyl adjacent to an activating group) is 1. The van der Waals surface area contributed by atoms with Gasteiger partial charge in [0.15, 0.2) is 0 Å². The maximum absolute atomic E-state index is 5.05. The summed E-state index contributed by atoms with van der Waals surface area (Å²) in [4.78, 5) is 6.42. The van der Waals surface area contributed by atoms with Gasteiger partial charge in [-0.15, -0.1) is 0 Å². The van der Waals surface area contributed by atoms with Crippen LogP contribution in [-0.2, 0) is 6.54 Å². The molecule has 0 amide bonds. The summed E-state index contributed by atoms with van der Waals surface area (Å²) in [7, 11) is 5.84. The van der Waals surface area contributed by atoms with Crippen LogP contribution in [0.2, 0.25) is 0 Å². The summed E-state index contributed by atoms with van der Waals surface area (Å²) in [6.45, 7) is 6.37. The number of nitrogens with zero attached hydrogens (tertiary/aromatic N) is 2. The largest absolute Gasteiger partial charge is 0.481 e. The first kappa shape index (κ1) is 14.9. The zero-order valence-corrected chi connectivity index (χ0v) is 12.1. The van der Waals surface area contributed by atoms with Crippen molar-refractivity contribution in [2.45, 2.75) is 26.4 Å². The average Bonchev–Trinajstić information content (AvgIpc) is 2.34. The SMILES string of the molecule is COc1ccc(CNC(CN(C)C)C(C)C)cn1. The van der Waals surface area contributed by atoms with E-state index in [1.807, 2.05) is 18.3 Å². The molecule has 1 rings (SSSR count). The van der Waals surface area contributed by atoms with E-state index in [9.17, 15) is 0 Å². The van der Waals surface area contributed by atoms with Crippen molar-refractivity contribution in [2.75, 3.05) is 27.7 Å². The van der Waals surface area contributed by atoms with E-state index in [-0.39, 0.29) is 0 Å². The molecule has 1 N–H and O–H groups in total. The molecule has 18 heavy (non-hydrogen) atoms. The Labute approximate surface area is 110 Å². The number of hydrogen-bond donors (Lipinski definition) is 1. The molecule has 0 aliphatic carbocycles. The summed E-state index contributed by atoms with van der Waals surface area (Å²) in [6, 6.07) is 4.43. The zero-order valence-electron chi connectivity index (χ0n) is 12.1. The van der Waals surface area contributed by atoms with Crippen LogP contribution < -0.4 is 10.1 Å². The quantitative estimate of drug-likeness (QED) is 0.801. The van der Waals surface area contributed by atoms with Gasteiger partial charge >= 0.3 is 0 Å². The summed E-state index contributed by atoms with van der Waals surface area (Å²) < 4.78 is 5.05. The minimum Gasteiger partial charge on any atom is -0.481 e. The summed E-state index contributed by atoms with van der Waals surface area (Å²) in [5.41, 5.74) is 1.18. The van der Waals surface area contributed by atoms with Gasteiger partial charge in [-0.25, -0.2) is 4.98 Å². The fourth-order valence-corrected chi connectivity index (χ4v) is 1.79. The van der Waals surface area contributed by atoms with Crippen LogP contribution in [0.15, 0.2) is 18.3 Å². The monoisotopic (exact) mass is 251 g/mol. The second-order valence-electron chi connectivity index (χ2n) is 5.20. The third-order valence-electron chi connectivity index (χ3n) is 2.94. The fraction of sp³-hybridized carbons (Fsp3) is 0.643. The highest BCUT2D eigenvalue weighted by Gasteiger charge is 2.13. The van der Waals surface area contributed by atoms with E-state index in [2.05, 4.69) is 43.1 Å². The van der Waals surface area contributed by atoms with Gasteiger partial charge in [0, 0.05) is 31.4 Å². The standard InChI is InChI=1S/C14H25N3O/c1-11(2)13(10-17(3)4)15-8-12-6-7-14(18-5)16-9-12/h6-7,9,11,13,15H,8,10H2,1-5H3. The highest BCUT2D eigenvalue weighted by atomic mass is 16.5. The second kappa shape index (κ2) is 7.34. The van der Waals surface area contributed by atoms with Gasteiger partial charge in [0.25, 0.3) is 0 Å². The van der Waals surface area contributed by atoms with Crippen LogP contribution in [0, 0.1) is 5.92 Å². The summed E-state index contributed by atoms with van der Waals surface area (Å²) in [5, 5.41) is 3.58. The maximum Gasteiger partial charge on any atom is 0.212 e. The lowest BCUT2D eigenvalue weighted by molar-refractivity contribution is 0.288. The van der Waals surface area contributed by atoms with Crippen molar-refractivity contribution in [1.29, 1.82) is 0 Å². The molecule has 1 atom stereocenters. The lowest BCUT2D eigenvalue weighted by Crippen LogP contribution is -2.41. The molecule has 0 saturated carbocycles. The molecule has 1 heterocycles. The number of methoxy groups -OCH3 is 1. The molecule has 4 heteroatoms. The van der Waals surface area contributed by atoms with Crippen LogP contribution in [0.5, 0.6) is 5.88 Å². The van der Waals surface area contributed by atoms with Crippen molar-refractivity contribution in [2.24, 2.45) is 5.92 Å². The van der Waals surface area contributed by atoms with E-state index in [1.54, 1.807) is 7.11 Å². The number of hydrogen-bond acceptors (Lipinski definition) is 4. The lowest BCUT2D eigenvalue weighted by atomic mass is 10.0. The molecule has 0 aliphatic rings. The smallest absolute Gasteiger partial charge is 0.212 e. The molecule has 0 aromatic carbocycles. The van der Waals surface area contributed by atoms with Gasteiger partial charge < -0.3 is 15.0 Å². The molecule has 0 aliphatic heterocycles. The maximum atomic E-state index is 5.05. The molecule has 1 aromatic rings. The van der Waals surface area contributed by atoms with Crippen LogP contribution in [0.1, 0.15) is 19.4 Å². The topological polar surface area (TPSA) is 37.4 Å². The zero-order chi connectivity index (χ0) is 13.5. The van der Waals surface area contributed by atoms with Crippen LogP contribution in [0.25, 0.3) is 0 Å². The third kappa shape index (κ3) is 5.02. The predicted molar refractivity (Wildman–Crippen MR) is 74.8 cm³/mol. The molecule has 0 fully saturated rings. The average molecular weight is 251 g/mol. The Morgan fingerprint density at radius 2 is 2.06 bits per heavy atom. The van der Waals surface area contributed by atoms with Crippen molar-refractivity contribution in [3.63, 3.8) is 0 Å². The Morgan fingerprint density at radius 3 is 2.50 bits per heavy atom. The molecule has 1 aromatic heterocycles. The van der Waals surface area contributed by atoms with E-state index in [4.69, 9.17) is 4.74 Å². The number of ether oxygens (including phenoxy) is 1. The molecule has 0 spiro atoms. The normalized spacial score (nSPS) is 13.1. The molecule has 4 nitrogen and oxygen atoms in total. The van der Waals surface area contributed by atoms with Gasteiger partial charge in [-0.1, -0.05) is 19.9 Å². The van der Waals surface area contributed by atoms with Gasteiger partial charge in [0.2, 0.25) is 5.88 Å². The van der Waals surface area contributed by atoms with Crippen molar-refractivity contribution < 1.29 is 4.74 Å². The third-order valence-corrected chi connectivity index (χ3v) is 2.94. The number of pyridine rings is 1. The Kier molecular flexibility index (Phi) is 6.09. The van der Waals surface area contributed by atoms with Gasteiger partial charge in [-0.3, -0.25) is 0 Å². The first-order valence-electron chi connectivity index (χ1n) is 6.40. The molecule has 1 unspecified atom stereocenters. The first-order chi connectivity index (χ1) is 8.52. The Balaban J connectivity index is 2.50. The van der Waals surface area contributed by atoms with E-state index >= 15 is 0 Å². The second-order valence-corrected chi connectivity index (χ2v) is 5.20. The van der Waals surface area contributed by atoms with Crippen LogP contribution in [-0.4, -0.2) is 43.7 Å². The molecule has 0 saturated heterocycles. The van der Waals surface area contributed by atoms with Crippen LogP contribution in [0.4, 0.5) is 0 Å². The minimum absolute atomic E-state index is 0.488. The predicted octanol–water partition coefficient (Wildman–Crippen LogP) is 1.77. The number of rotatable bonds is 7. The molecular formula is C14H25N3O. The van der Waals surface area contributed by atoms with E-state index in [0.29, 0.717) is 17.8 Å². The molecule has 102 valence electrons. The van der Waals surface area contributed by atoms with Gasteiger partial charge in [-0.2, -0.15) is 0 Å². The molecule has 0 radical (unpaired) electrons. The van der Waals surface area contributed by atoms with E-state index < -0.39 is 0 Å². The molecular weight excluding hydrogens is 226 g/mol. The fourth-order valence-electron chi connectivity index (χ4n) is 1.79. The lowest BCUT2D eigenvalue weighted by Gasteiger charge is -2.25. The first-order valence-corrected chi connectivity index (χ1v) is 6.40. The number of aromatic nitrogens is 1. The van der Waals surface area contributed by atoms with Crippen LogP contribution in [0.3, 0.4) is 0 Å². The van der Waals surface area contributed by atoms with Gasteiger partial charge in [0.05, 0.1) is 7.11 Å². The van der Waals surface area contributed by atoms with Gasteiger partial charge in [0.1, 0.15) is 0 Å². The summed E-state index contributed by atoms with van der Waals surface area (Å²) in [6.07, 6.45) is 1.86. The van der Waals surface area contributed by atoms with E-state index in [1.165, 1.54) is 5.56 Å². The van der Waals surface area contributed by atoms with Crippen molar-refractivity contribution >= 4 is 0 Å². The molecule has 0 bridgehead atoms. The van der Waals surface area contributed by atoms with Gasteiger partial charge in [-0.05, 0) is 25.6 Å². The summed E-state index contributed by atoms with van der Waals surface area (Å²) in [5.74, 6) is 1.27.